The van der Waals surface area contributed by atoms with E-state index in [1.54, 1.807) is 0 Å². The molecule has 0 aliphatic carbocycles. The van der Waals surface area contributed by atoms with Gasteiger partial charge in [0.15, 0.2) is 0 Å². The van der Waals surface area contributed by atoms with Gasteiger partial charge in [0, 0.05) is 0 Å². The van der Waals surface area contributed by atoms with Gasteiger partial charge in [0.1, 0.15) is 11.4 Å². The fourth-order valence-electron chi connectivity index (χ4n) is 0.845. The zero-order valence-electron chi connectivity index (χ0n) is 6.47. The molecule has 0 spiro atoms. The molecule has 0 amide bonds. The van der Waals surface area contributed by atoms with E-state index in [9.17, 15) is 13.6 Å². The molecule has 0 saturated heterocycles. The van der Waals surface area contributed by atoms with Crippen LogP contribution in [0.3, 0.4) is 0 Å². The number of hydrogen-bond donors (Lipinski definition) is 1. The molecule has 0 unspecified atom stereocenters. The molecular weight excluding hydrogens is 283 g/mol. The van der Waals surface area contributed by atoms with Crippen LogP contribution in [0.1, 0.15) is 22.5 Å². The highest BCUT2D eigenvalue weighted by Crippen LogP contribution is 2.33. The summed E-state index contributed by atoms with van der Waals surface area (Å²) in [6, 6.07) is 0. The van der Waals surface area contributed by atoms with E-state index in [0.717, 1.165) is 6.20 Å². The Labute approximate surface area is 90.8 Å². The molecule has 0 aromatic carbocycles. The van der Waals surface area contributed by atoms with Gasteiger partial charge in [-0.05, 0) is 27.5 Å². The monoisotopic (exact) mass is 285 g/mol. The lowest BCUT2D eigenvalue weighted by atomic mass is 10.2. The number of rotatable bonds is 2. The molecule has 1 aromatic rings. The smallest absolute Gasteiger partial charge is 0.281 e. The molecule has 1 rings (SSSR count). The van der Waals surface area contributed by atoms with Gasteiger partial charge in [-0.2, -0.15) is 0 Å². The minimum atomic E-state index is -2.93. The van der Waals surface area contributed by atoms with Crippen molar-refractivity contribution in [2.45, 2.75) is 6.43 Å². The molecule has 0 aliphatic heterocycles. The normalized spacial score (nSPS) is 10.6. The summed E-state index contributed by atoms with van der Waals surface area (Å²) < 4.78 is 24.5. The third-order valence-electron chi connectivity index (χ3n) is 1.43. The summed E-state index contributed by atoms with van der Waals surface area (Å²) in [5, 5.41) is 7.99. The Bertz CT molecular complexity index is 386. The fraction of sp³-hybridized carbons (Fsp3) is 0.143. The van der Waals surface area contributed by atoms with Crippen LogP contribution in [-0.2, 0) is 0 Å². The average Bonchev–Trinajstić information content (AvgIpc) is 2.08. The van der Waals surface area contributed by atoms with Crippen molar-refractivity contribution in [2.75, 3.05) is 0 Å². The molecule has 1 heterocycles. The number of carbonyl (C=O) groups excluding carboxylic acids is 1. The summed E-state index contributed by atoms with van der Waals surface area (Å²) in [5.74, 6) is -0.418. The summed E-state index contributed by atoms with van der Waals surface area (Å²) in [5.41, 5.74) is -1.27. The van der Waals surface area contributed by atoms with Crippen LogP contribution in [0.4, 0.5) is 8.78 Å². The Balaban J connectivity index is 3.45. The summed E-state index contributed by atoms with van der Waals surface area (Å²) in [4.78, 5) is 14.0. The van der Waals surface area contributed by atoms with E-state index in [2.05, 4.69) is 20.9 Å². The Morgan fingerprint density at radius 3 is 2.64 bits per heavy atom. The predicted molar refractivity (Wildman–Crippen MR) is 48.7 cm³/mol. The molecule has 0 bridgehead atoms. The summed E-state index contributed by atoms with van der Waals surface area (Å²) in [6.45, 7) is 0. The molecule has 3 nitrogen and oxygen atoms in total. The van der Waals surface area contributed by atoms with Crippen molar-refractivity contribution in [1.82, 2.24) is 4.98 Å². The van der Waals surface area contributed by atoms with Crippen LogP contribution < -0.4 is 0 Å². The Morgan fingerprint density at radius 2 is 2.21 bits per heavy atom. The SMILES string of the molecule is O=C(Cl)c1c(C(F)F)ncc(O)c1Br. The van der Waals surface area contributed by atoms with Gasteiger partial charge in [0.05, 0.1) is 16.2 Å². The van der Waals surface area contributed by atoms with Gasteiger partial charge in [-0.15, -0.1) is 0 Å². The van der Waals surface area contributed by atoms with Crippen molar-refractivity contribution in [1.29, 1.82) is 0 Å². The Kier molecular flexibility index (Phi) is 3.38. The first kappa shape index (κ1) is 11.3. The molecule has 0 radical (unpaired) electrons. The first-order chi connectivity index (χ1) is 6.45. The lowest BCUT2D eigenvalue weighted by molar-refractivity contribution is 0.106. The van der Waals surface area contributed by atoms with Crippen LogP contribution in [0.25, 0.3) is 0 Å². The van der Waals surface area contributed by atoms with Crippen LogP contribution in [0, 0.1) is 0 Å². The minimum absolute atomic E-state index is 0.178. The lowest BCUT2D eigenvalue weighted by Crippen LogP contribution is -2.02. The number of alkyl halides is 2. The van der Waals surface area contributed by atoms with Crippen LogP contribution >= 0.6 is 27.5 Å². The molecule has 0 atom stereocenters. The average molecular weight is 286 g/mol. The Morgan fingerprint density at radius 1 is 1.64 bits per heavy atom. The maximum atomic E-state index is 12.3. The first-order valence-electron chi connectivity index (χ1n) is 3.30. The van der Waals surface area contributed by atoms with Crippen molar-refractivity contribution < 1.29 is 18.7 Å². The third-order valence-corrected chi connectivity index (χ3v) is 2.42. The van der Waals surface area contributed by atoms with Gasteiger partial charge < -0.3 is 5.11 Å². The minimum Gasteiger partial charge on any atom is -0.505 e. The number of nitrogens with zero attached hydrogens (tertiary/aromatic N) is 1. The van der Waals surface area contributed by atoms with E-state index in [0.29, 0.717) is 0 Å². The van der Waals surface area contributed by atoms with E-state index >= 15 is 0 Å². The van der Waals surface area contributed by atoms with Crippen LogP contribution in [0.15, 0.2) is 10.7 Å². The fourth-order valence-corrected chi connectivity index (χ4v) is 1.64. The van der Waals surface area contributed by atoms with Gasteiger partial charge >= 0.3 is 0 Å². The van der Waals surface area contributed by atoms with Crippen molar-refractivity contribution in [3.8, 4) is 5.75 Å². The zero-order valence-corrected chi connectivity index (χ0v) is 8.81. The van der Waals surface area contributed by atoms with Crippen molar-refractivity contribution in [3.63, 3.8) is 0 Å². The summed E-state index contributed by atoms with van der Waals surface area (Å²) in [7, 11) is 0. The summed E-state index contributed by atoms with van der Waals surface area (Å²) >= 11 is 7.85. The molecule has 0 fully saturated rings. The van der Waals surface area contributed by atoms with Crippen molar-refractivity contribution >= 4 is 32.8 Å². The van der Waals surface area contributed by atoms with Crippen LogP contribution in [-0.4, -0.2) is 15.3 Å². The lowest BCUT2D eigenvalue weighted by Gasteiger charge is -2.06. The molecule has 0 aliphatic rings. The van der Waals surface area contributed by atoms with Crippen LogP contribution in [0.5, 0.6) is 5.75 Å². The van der Waals surface area contributed by atoms with E-state index in [1.807, 2.05) is 0 Å². The quantitative estimate of drug-likeness (QED) is 0.851. The van der Waals surface area contributed by atoms with Gasteiger partial charge in [-0.1, -0.05) is 0 Å². The predicted octanol–water partition coefficient (Wildman–Crippen LogP) is 2.87. The zero-order chi connectivity index (χ0) is 10.9. The highest BCUT2D eigenvalue weighted by molar-refractivity contribution is 9.10. The molecule has 76 valence electrons. The molecule has 7 heteroatoms. The van der Waals surface area contributed by atoms with Gasteiger partial charge in [-0.25, -0.2) is 8.78 Å². The highest BCUT2D eigenvalue weighted by Gasteiger charge is 2.23. The van der Waals surface area contributed by atoms with Crippen LogP contribution in [0.2, 0.25) is 0 Å². The second-order valence-electron chi connectivity index (χ2n) is 2.29. The van der Waals surface area contributed by atoms with Gasteiger partial charge in [0.2, 0.25) is 0 Å². The maximum absolute atomic E-state index is 12.3. The van der Waals surface area contributed by atoms with E-state index in [-0.39, 0.29) is 4.47 Å². The van der Waals surface area contributed by atoms with Crippen molar-refractivity contribution in [2.24, 2.45) is 0 Å². The third kappa shape index (κ3) is 2.01. The summed E-state index contributed by atoms with van der Waals surface area (Å²) in [6.07, 6.45) is -2.11. The van der Waals surface area contributed by atoms with Gasteiger partial charge in [0.25, 0.3) is 11.7 Å². The largest absolute Gasteiger partial charge is 0.505 e. The maximum Gasteiger partial charge on any atom is 0.281 e. The standard InChI is InChI=1S/C7H3BrClF2NO2/c8-4-2(13)1-12-5(7(10)11)3(4)6(9)14/h1,7,13H. The number of carbonyl (C=O) groups is 1. The number of aromatic hydroxyl groups is 1. The number of aromatic nitrogens is 1. The molecule has 14 heavy (non-hydrogen) atoms. The molecule has 1 aromatic heterocycles. The van der Waals surface area contributed by atoms with Gasteiger partial charge in [-0.3, -0.25) is 9.78 Å². The van der Waals surface area contributed by atoms with E-state index < -0.39 is 28.7 Å². The number of halogens is 4. The Hall–Kier alpha value is -0.750. The second kappa shape index (κ2) is 4.18. The topological polar surface area (TPSA) is 50.2 Å². The molecule has 0 saturated carbocycles. The first-order valence-corrected chi connectivity index (χ1v) is 4.47. The molecular formula is C7H3BrClF2NO2. The van der Waals surface area contributed by atoms with E-state index in [1.165, 1.54) is 0 Å². The molecule has 1 N–H and O–H groups in total. The second-order valence-corrected chi connectivity index (χ2v) is 3.43. The number of pyridine rings is 1. The van der Waals surface area contributed by atoms with E-state index in [4.69, 9.17) is 16.7 Å². The number of hydrogen-bond acceptors (Lipinski definition) is 3. The highest BCUT2D eigenvalue weighted by atomic mass is 79.9. The van der Waals surface area contributed by atoms with Crippen molar-refractivity contribution in [3.05, 3.63) is 21.9 Å².